The Morgan fingerprint density at radius 3 is 2.76 bits per heavy atom. The molecule has 114 valence electrons. The predicted octanol–water partition coefficient (Wildman–Crippen LogP) is 3.65. The second kappa shape index (κ2) is 4.50. The lowest BCUT2D eigenvalue weighted by atomic mass is 9.52. The van der Waals surface area contributed by atoms with Crippen molar-refractivity contribution < 1.29 is 14.0 Å². The number of alkyl halides is 1. The van der Waals surface area contributed by atoms with Crippen LogP contribution in [0.2, 0.25) is 0 Å². The van der Waals surface area contributed by atoms with Crippen LogP contribution in [0, 0.1) is 29.1 Å². The number of hydrogen-bond donors (Lipinski definition) is 0. The summed E-state index contributed by atoms with van der Waals surface area (Å²) in [5.41, 5.74) is 0.590. The highest BCUT2D eigenvalue weighted by molar-refractivity contribution is 5.91. The largest absolute Gasteiger partial charge is 0.299 e. The van der Waals surface area contributed by atoms with E-state index in [1.54, 1.807) is 6.08 Å². The van der Waals surface area contributed by atoms with Crippen LogP contribution < -0.4 is 0 Å². The molecular formula is C18H23FO2. The summed E-state index contributed by atoms with van der Waals surface area (Å²) in [6, 6.07) is 0. The molecule has 3 fully saturated rings. The number of ketones is 2. The van der Waals surface area contributed by atoms with Gasteiger partial charge in [0.25, 0.3) is 0 Å². The molecule has 0 saturated heterocycles. The molecule has 0 heterocycles. The molecular weight excluding hydrogens is 267 g/mol. The Morgan fingerprint density at radius 2 is 1.95 bits per heavy atom. The van der Waals surface area contributed by atoms with Gasteiger partial charge < -0.3 is 0 Å². The van der Waals surface area contributed by atoms with Crippen molar-refractivity contribution in [3.63, 3.8) is 0 Å². The monoisotopic (exact) mass is 290 g/mol. The summed E-state index contributed by atoms with van der Waals surface area (Å²) in [7, 11) is 0. The van der Waals surface area contributed by atoms with E-state index in [-0.39, 0.29) is 17.1 Å². The summed E-state index contributed by atoms with van der Waals surface area (Å²) in [6.07, 6.45) is 6.21. The van der Waals surface area contributed by atoms with Crippen molar-refractivity contribution in [3.8, 4) is 0 Å². The third-order valence-corrected chi connectivity index (χ3v) is 7.02. The number of halogens is 1. The first-order valence-electron chi connectivity index (χ1n) is 8.42. The van der Waals surface area contributed by atoms with E-state index in [2.05, 4.69) is 6.92 Å². The van der Waals surface area contributed by atoms with Crippen molar-refractivity contribution in [2.75, 3.05) is 0 Å². The topological polar surface area (TPSA) is 34.1 Å². The lowest BCUT2D eigenvalue weighted by Gasteiger charge is -2.52. The number of rotatable bonds is 0. The van der Waals surface area contributed by atoms with E-state index in [1.165, 1.54) is 0 Å². The molecule has 0 aliphatic heterocycles. The zero-order chi connectivity index (χ0) is 14.8. The van der Waals surface area contributed by atoms with E-state index < -0.39 is 6.17 Å². The SMILES string of the molecule is C[C@]12CC[C@H]3[C@@H](C[C@@H](F)C4=CC(=O)CC[C@@H]43)[C@@H]1CCC2=O. The number of fused-ring (bicyclic) bond motifs is 5. The van der Waals surface area contributed by atoms with Gasteiger partial charge in [0.2, 0.25) is 0 Å². The van der Waals surface area contributed by atoms with Crippen molar-refractivity contribution in [1.82, 2.24) is 0 Å². The fourth-order valence-corrected chi connectivity index (χ4v) is 5.92. The summed E-state index contributed by atoms with van der Waals surface area (Å²) in [4.78, 5) is 23.9. The van der Waals surface area contributed by atoms with Gasteiger partial charge in [0.15, 0.2) is 5.78 Å². The Kier molecular flexibility index (Phi) is 2.93. The van der Waals surface area contributed by atoms with Gasteiger partial charge in [-0.3, -0.25) is 9.59 Å². The molecule has 3 heteroatoms. The van der Waals surface area contributed by atoms with Gasteiger partial charge >= 0.3 is 0 Å². The Morgan fingerprint density at radius 1 is 1.14 bits per heavy atom. The highest BCUT2D eigenvalue weighted by Crippen LogP contribution is 2.60. The molecule has 0 radical (unpaired) electrons. The average molecular weight is 290 g/mol. The zero-order valence-corrected chi connectivity index (χ0v) is 12.6. The Hall–Kier alpha value is -0.990. The molecule has 0 aromatic heterocycles. The number of Topliss-reactive ketones (excluding diaryl/α,β-unsaturated/α-hetero) is 1. The third kappa shape index (κ3) is 1.82. The number of carbonyl (C=O) groups is 2. The van der Waals surface area contributed by atoms with Crippen molar-refractivity contribution in [1.29, 1.82) is 0 Å². The van der Waals surface area contributed by atoms with Gasteiger partial charge in [-0.25, -0.2) is 4.39 Å². The lowest BCUT2D eigenvalue weighted by Crippen LogP contribution is -2.49. The fraction of sp³-hybridized carbons (Fsp3) is 0.778. The predicted molar refractivity (Wildman–Crippen MR) is 77.4 cm³/mol. The number of allylic oxidation sites excluding steroid dienone is 1. The maximum absolute atomic E-state index is 14.6. The standard InChI is InChI=1S/C18H23FO2/c1-18-7-6-12-11-3-2-10(20)8-14(11)16(19)9-13(12)15(18)4-5-17(18)21/h8,11-13,15-16H,2-7,9H2,1H3/t11-,12-,13-,15+,16-,18+/m1/s1. The van der Waals surface area contributed by atoms with E-state index in [9.17, 15) is 14.0 Å². The summed E-state index contributed by atoms with van der Waals surface area (Å²) < 4.78 is 14.6. The second-order valence-corrected chi connectivity index (χ2v) is 7.81. The van der Waals surface area contributed by atoms with E-state index in [1.807, 2.05) is 0 Å². The molecule has 2 nitrogen and oxygen atoms in total. The van der Waals surface area contributed by atoms with Gasteiger partial charge in [-0.05, 0) is 67.4 Å². The van der Waals surface area contributed by atoms with Gasteiger partial charge in [-0.1, -0.05) is 6.92 Å². The second-order valence-electron chi connectivity index (χ2n) is 7.81. The van der Waals surface area contributed by atoms with Crippen LogP contribution in [-0.2, 0) is 9.59 Å². The molecule has 0 amide bonds. The molecule has 0 bridgehead atoms. The van der Waals surface area contributed by atoms with Crippen LogP contribution in [0.5, 0.6) is 0 Å². The normalized spacial score (nSPS) is 49.2. The average Bonchev–Trinajstić information content (AvgIpc) is 2.76. The first-order valence-corrected chi connectivity index (χ1v) is 8.42. The molecule has 0 aromatic rings. The molecule has 21 heavy (non-hydrogen) atoms. The van der Waals surface area contributed by atoms with Crippen LogP contribution >= 0.6 is 0 Å². The van der Waals surface area contributed by atoms with Gasteiger partial charge in [0.1, 0.15) is 12.0 Å². The third-order valence-electron chi connectivity index (χ3n) is 7.02. The molecule has 0 N–H and O–H groups in total. The maximum Gasteiger partial charge on any atom is 0.155 e. The number of carbonyl (C=O) groups excluding carboxylic acids is 2. The molecule has 3 saturated carbocycles. The smallest absolute Gasteiger partial charge is 0.155 e. The molecule has 0 aromatic carbocycles. The minimum atomic E-state index is -0.960. The molecule has 4 aliphatic carbocycles. The first kappa shape index (κ1) is 13.7. The molecule has 0 unspecified atom stereocenters. The van der Waals surface area contributed by atoms with Gasteiger partial charge in [-0.2, -0.15) is 0 Å². The van der Waals surface area contributed by atoms with Crippen LogP contribution in [0.3, 0.4) is 0 Å². The van der Waals surface area contributed by atoms with E-state index >= 15 is 0 Å². The van der Waals surface area contributed by atoms with Gasteiger partial charge in [-0.15, -0.1) is 0 Å². The van der Waals surface area contributed by atoms with E-state index in [0.717, 1.165) is 31.3 Å². The highest BCUT2D eigenvalue weighted by Gasteiger charge is 2.57. The molecule has 4 aliphatic rings. The fourth-order valence-electron chi connectivity index (χ4n) is 5.92. The Labute approximate surface area is 125 Å². The van der Waals surface area contributed by atoms with Crippen LogP contribution in [0.25, 0.3) is 0 Å². The van der Waals surface area contributed by atoms with Gasteiger partial charge in [0.05, 0.1) is 0 Å². The van der Waals surface area contributed by atoms with E-state index in [4.69, 9.17) is 0 Å². The molecule has 6 atom stereocenters. The lowest BCUT2D eigenvalue weighted by molar-refractivity contribution is -0.131. The molecule has 4 rings (SSSR count). The van der Waals surface area contributed by atoms with Gasteiger partial charge in [0, 0.05) is 18.3 Å². The van der Waals surface area contributed by atoms with E-state index in [0.29, 0.717) is 42.8 Å². The van der Waals surface area contributed by atoms with Crippen LogP contribution in [-0.4, -0.2) is 17.7 Å². The zero-order valence-electron chi connectivity index (χ0n) is 12.6. The number of hydrogen-bond acceptors (Lipinski definition) is 2. The summed E-state index contributed by atoms with van der Waals surface area (Å²) in [5, 5.41) is 0. The van der Waals surface area contributed by atoms with Crippen LogP contribution in [0.15, 0.2) is 11.6 Å². The Balaban J connectivity index is 1.68. The van der Waals surface area contributed by atoms with Crippen molar-refractivity contribution in [2.24, 2.45) is 29.1 Å². The summed E-state index contributed by atoms with van der Waals surface area (Å²) in [5.74, 6) is 1.99. The van der Waals surface area contributed by atoms with Crippen molar-refractivity contribution in [3.05, 3.63) is 11.6 Å². The summed E-state index contributed by atoms with van der Waals surface area (Å²) >= 11 is 0. The highest BCUT2D eigenvalue weighted by atomic mass is 19.1. The van der Waals surface area contributed by atoms with Crippen LogP contribution in [0.1, 0.15) is 51.9 Å². The summed E-state index contributed by atoms with van der Waals surface area (Å²) in [6.45, 7) is 2.12. The van der Waals surface area contributed by atoms with Crippen molar-refractivity contribution in [2.45, 2.75) is 58.0 Å². The minimum Gasteiger partial charge on any atom is -0.299 e. The van der Waals surface area contributed by atoms with Crippen LogP contribution in [0.4, 0.5) is 4.39 Å². The first-order chi connectivity index (χ1) is 10.0. The Bertz CT molecular complexity index is 537. The minimum absolute atomic E-state index is 0.0963. The quantitative estimate of drug-likeness (QED) is 0.682. The molecule has 0 spiro atoms. The van der Waals surface area contributed by atoms with Crippen molar-refractivity contribution >= 4 is 11.6 Å². The maximum atomic E-state index is 14.6.